The van der Waals surface area contributed by atoms with E-state index in [0.717, 1.165) is 79.9 Å². The van der Waals surface area contributed by atoms with Crippen LogP contribution in [0.4, 0.5) is 56.9 Å². The van der Waals surface area contributed by atoms with Crippen molar-refractivity contribution < 1.29 is 107 Å². The lowest BCUT2D eigenvalue weighted by molar-refractivity contribution is 0.405. The number of fused-ring (bicyclic) bond motifs is 4. The fourth-order valence-electron chi connectivity index (χ4n) is 9.74. The van der Waals surface area contributed by atoms with Crippen LogP contribution in [0.1, 0.15) is 0 Å². The van der Waals surface area contributed by atoms with Gasteiger partial charge in [0.1, 0.15) is 86.5 Å². The summed E-state index contributed by atoms with van der Waals surface area (Å²) in [5.74, 6) is -2.12. The van der Waals surface area contributed by atoms with Crippen molar-refractivity contribution >= 4 is 161 Å². The number of aromatic hydroxyl groups is 2. The third-order valence-corrected chi connectivity index (χ3v) is 19.2. The summed E-state index contributed by atoms with van der Waals surface area (Å²) in [6, 6.07) is 25.5. The van der Waals surface area contributed by atoms with Gasteiger partial charge in [-0.1, -0.05) is 24.3 Å². The number of nitrogens with zero attached hydrogens (tertiary/aromatic N) is 8. The number of nitrogens with one attached hydrogen (secondary N) is 1. The summed E-state index contributed by atoms with van der Waals surface area (Å²) in [6.07, 6.45) is 0. The van der Waals surface area contributed by atoms with E-state index < -0.39 is 113 Å². The molecule has 0 aliphatic carbocycles. The van der Waals surface area contributed by atoms with E-state index in [9.17, 15) is 88.0 Å². The molecule has 0 bridgehead atoms. The number of hydrogen-bond donors (Lipinski definition) is 9. The van der Waals surface area contributed by atoms with Crippen LogP contribution < -0.4 is 24.3 Å². The average Bonchev–Trinajstić information content (AvgIpc) is 0.781. The Morgan fingerprint density at radius 2 is 0.705 bits per heavy atom. The van der Waals surface area contributed by atoms with Crippen molar-refractivity contribution in [2.75, 3.05) is 33.8 Å². The summed E-state index contributed by atoms with van der Waals surface area (Å²) in [7, 11) is -25.5. The number of phenols is 2. The second kappa shape index (κ2) is 25.2. The monoisotopic (exact) mass is 1420 g/mol. The smallest absolute Gasteiger partial charge is 0.296 e. The van der Waals surface area contributed by atoms with E-state index in [1.54, 1.807) is 0 Å². The van der Waals surface area contributed by atoms with Crippen LogP contribution in [0.3, 0.4) is 0 Å². The first kappa shape index (κ1) is 67.6. The Balaban J connectivity index is 0.935. The molecule has 492 valence electrons. The molecule has 0 amide bonds. The molecule has 9 N–H and O–H groups in total. The SMILES string of the molecule is COc1cc(N=Nc2c(S(=O)(=O)O)cc3cc(Nc4ccc5c(O)c(N=Nc6cc(OC)c(N=Nc7cc(S(=O)(=O)O)c8cccc(S(=O)(=O)O)c8c7)cc6OC)c(S(=O)(=O)O)cc5c4)ccc3c2OC)c(O)cc1N=Nc1cc(S(=O)(=O)O)c2cccc(S(=O)(=O)O)c2c1. The highest BCUT2D eigenvalue weighted by Gasteiger charge is 2.28. The second-order valence-corrected chi connectivity index (χ2v) is 28.1. The number of rotatable bonds is 20. The van der Waals surface area contributed by atoms with E-state index in [-0.39, 0.29) is 112 Å². The van der Waals surface area contributed by atoms with E-state index in [4.69, 9.17) is 18.9 Å². The zero-order valence-corrected chi connectivity index (χ0v) is 53.2. The summed E-state index contributed by atoms with van der Waals surface area (Å²) < 4.78 is 232. The highest BCUT2D eigenvalue weighted by molar-refractivity contribution is 7.87. The standard InChI is InChI=1S/C56H43N9O24S6/c1-86-44-24-39(43(66)23-40(44)61-58-31-19-37-35(49(21-31)92(74,75)76)7-5-9-47(37)90(68,69)70)60-65-54-52(95(83,84)85)18-28-16-30(12-14-34(28)56(54)89-4)57-29-11-13-33-27(15-29)17-51(94(80,81)82)53(55(33)67)64-63-42-26-45(87-2)41(25-46(42)88-3)62-59-32-20-38-36(50(22-32)93(77,78)79)8-6-10-48(38)91(71,72)73/h5-26,57,66-67H,1-4H3,(H,68,69,70)(H,71,72,73)(H,74,75,76)(H,77,78,79)(H,80,81,82)(H,83,84,85). The van der Waals surface area contributed by atoms with Crippen molar-refractivity contribution in [3.8, 4) is 34.5 Å². The highest BCUT2D eigenvalue weighted by atomic mass is 32.2. The molecule has 0 heterocycles. The maximum atomic E-state index is 13.0. The molecule has 10 rings (SSSR count). The number of phenolic OH excluding ortho intramolecular Hbond substituents is 2. The van der Waals surface area contributed by atoms with E-state index in [1.165, 1.54) is 82.0 Å². The molecule has 0 saturated heterocycles. The van der Waals surface area contributed by atoms with Gasteiger partial charge in [-0.2, -0.15) is 60.7 Å². The molecule has 10 aromatic rings. The maximum Gasteiger partial charge on any atom is 0.296 e. The molecule has 0 saturated carbocycles. The van der Waals surface area contributed by atoms with Gasteiger partial charge in [-0.05, 0) is 95.7 Å². The quantitative estimate of drug-likeness (QED) is 0.0253. The number of hydrogen-bond acceptors (Lipinski definition) is 27. The van der Waals surface area contributed by atoms with Gasteiger partial charge < -0.3 is 34.5 Å². The van der Waals surface area contributed by atoms with E-state index in [1.807, 2.05) is 0 Å². The molecule has 39 heteroatoms. The summed E-state index contributed by atoms with van der Waals surface area (Å²) >= 11 is 0. The molecule has 0 aromatic heterocycles. The van der Waals surface area contributed by atoms with E-state index in [0.29, 0.717) is 0 Å². The van der Waals surface area contributed by atoms with Crippen LogP contribution >= 0.6 is 0 Å². The van der Waals surface area contributed by atoms with Crippen molar-refractivity contribution in [2.45, 2.75) is 29.4 Å². The second-order valence-electron chi connectivity index (χ2n) is 19.8. The van der Waals surface area contributed by atoms with E-state index in [2.05, 4.69) is 46.2 Å². The Morgan fingerprint density at radius 1 is 0.326 bits per heavy atom. The van der Waals surface area contributed by atoms with Crippen LogP contribution in [0.2, 0.25) is 0 Å². The number of azo groups is 4. The van der Waals surface area contributed by atoms with Gasteiger partial charge in [-0.15, -0.1) is 30.7 Å². The first-order valence-electron chi connectivity index (χ1n) is 26.0. The van der Waals surface area contributed by atoms with Gasteiger partial charge in [0.15, 0.2) is 11.5 Å². The Hall–Kier alpha value is -10.3. The van der Waals surface area contributed by atoms with Crippen molar-refractivity contribution in [1.29, 1.82) is 0 Å². The molecule has 0 spiro atoms. The van der Waals surface area contributed by atoms with Crippen LogP contribution in [0.5, 0.6) is 34.5 Å². The Kier molecular flexibility index (Phi) is 17.9. The molecule has 0 atom stereocenters. The lowest BCUT2D eigenvalue weighted by Crippen LogP contribution is -2.03. The number of methoxy groups -OCH3 is 4. The minimum atomic E-state index is -5.21. The number of benzene rings is 10. The molecule has 0 aliphatic heterocycles. The van der Waals surface area contributed by atoms with Gasteiger partial charge in [0.2, 0.25) is 0 Å². The molecular formula is C56H43N9O24S6. The van der Waals surface area contributed by atoms with Crippen molar-refractivity contribution in [1.82, 2.24) is 0 Å². The van der Waals surface area contributed by atoms with E-state index >= 15 is 0 Å². The molecule has 95 heavy (non-hydrogen) atoms. The summed E-state index contributed by atoms with van der Waals surface area (Å²) in [6.45, 7) is 0. The van der Waals surface area contributed by atoms with Crippen LogP contribution in [0, 0.1) is 0 Å². The minimum Gasteiger partial charge on any atom is -0.506 e. The normalized spacial score (nSPS) is 12.9. The van der Waals surface area contributed by atoms with Crippen molar-refractivity contribution in [3.05, 3.63) is 133 Å². The molecule has 10 aromatic carbocycles. The molecular weight excluding hydrogens is 1380 g/mol. The predicted molar refractivity (Wildman–Crippen MR) is 337 cm³/mol. The van der Waals surface area contributed by atoms with Gasteiger partial charge in [-0.3, -0.25) is 27.3 Å². The third-order valence-electron chi connectivity index (χ3n) is 13.9. The summed E-state index contributed by atoms with van der Waals surface area (Å²) in [5.41, 5.74) is -2.40. The molecule has 0 aliphatic rings. The summed E-state index contributed by atoms with van der Waals surface area (Å²) in [4.78, 5) is -4.72. The zero-order valence-electron chi connectivity index (χ0n) is 48.3. The van der Waals surface area contributed by atoms with Crippen LogP contribution in [-0.4, -0.2) is 116 Å². The molecule has 33 nitrogen and oxygen atoms in total. The largest absolute Gasteiger partial charge is 0.506 e. The molecule has 0 fully saturated rings. The van der Waals surface area contributed by atoms with Crippen molar-refractivity contribution in [2.24, 2.45) is 40.9 Å². The first-order chi connectivity index (χ1) is 44.5. The molecule has 0 radical (unpaired) electrons. The number of ether oxygens (including phenoxy) is 4. The fraction of sp³-hybridized carbons (Fsp3) is 0.0714. The molecule has 0 unspecified atom stereocenters. The maximum absolute atomic E-state index is 13.0. The number of anilines is 2. The van der Waals surface area contributed by atoms with Gasteiger partial charge >= 0.3 is 0 Å². The van der Waals surface area contributed by atoms with Gasteiger partial charge in [0.05, 0.1) is 39.8 Å². The third kappa shape index (κ3) is 14.0. The Morgan fingerprint density at radius 3 is 1.14 bits per heavy atom. The van der Waals surface area contributed by atoms with Crippen LogP contribution in [-0.2, 0) is 60.7 Å². The van der Waals surface area contributed by atoms with Gasteiger partial charge in [-0.25, -0.2) is 0 Å². The lowest BCUT2D eigenvalue weighted by Gasteiger charge is -2.15. The van der Waals surface area contributed by atoms with Gasteiger partial charge in [0.25, 0.3) is 60.7 Å². The zero-order chi connectivity index (χ0) is 69.1. The lowest BCUT2D eigenvalue weighted by atomic mass is 10.1. The highest BCUT2D eigenvalue weighted by Crippen LogP contribution is 2.48. The fourth-order valence-corrected chi connectivity index (χ4v) is 13.9. The average molecular weight is 1420 g/mol. The van der Waals surface area contributed by atoms with Gasteiger partial charge in [0, 0.05) is 68.0 Å². The minimum absolute atomic E-state index is 0.0139. The van der Waals surface area contributed by atoms with Crippen molar-refractivity contribution in [3.63, 3.8) is 0 Å². The van der Waals surface area contributed by atoms with Crippen LogP contribution in [0.25, 0.3) is 43.1 Å². The Labute approximate surface area is 536 Å². The predicted octanol–water partition coefficient (Wildman–Crippen LogP) is 12.6. The van der Waals surface area contributed by atoms with Crippen LogP contribution in [0.15, 0.2) is 204 Å². The Bertz CT molecular complexity index is 5800. The summed E-state index contributed by atoms with van der Waals surface area (Å²) in [5, 5.41) is 56.8. The first-order valence-corrected chi connectivity index (χ1v) is 34.7. The topological polar surface area (TPSA) is 515 Å².